The van der Waals surface area contributed by atoms with Crippen LogP contribution in [0.1, 0.15) is 29.9 Å². The molecule has 0 aromatic carbocycles. The molecular weight excluding hydrogens is 248 g/mol. The van der Waals surface area contributed by atoms with Crippen molar-refractivity contribution in [1.82, 2.24) is 19.7 Å². The molecule has 0 saturated heterocycles. The molecule has 0 amide bonds. The summed E-state index contributed by atoms with van der Waals surface area (Å²) in [5.41, 5.74) is 4.52. The summed E-state index contributed by atoms with van der Waals surface area (Å²) >= 11 is 0. The van der Waals surface area contributed by atoms with Gasteiger partial charge in [-0.3, -0.25) is 4.98 Å². The molecule has 0 unspecified atom stereocenters. The standard InChI is InChI=1S/C16H18N4/c1-12(14-6-8-17-9-7-14)18-11-15-13(2)19-16-5-3-4-10-20(15)16/h3-10,12,18H,11H2,1-2H3/t12-/m1/s1. The molecule has 1 N–H and O–H groups in total. The minimum Gasteiger partial charge on any atom is -0.305 e. The largest absolute Gasteiger partial charge is 0.305 e. The number of imidazole rings is 1. The first-order valence-electron chi connectivity index (χ1n) is 6.81. The molecule has 3 rings (SSSR count). The number of hydrogen-bond acceptors (Lipinski definition) is 3. The van der Waals surface area contributed by atoms with E-state index in [0.29, 0.717) is 0 Å². The van der Waals surface area contributed by atoms with Gasteiger partial charge in [0.05, 0.1) is 11.4 Å². The number of aryl methyl sites for hydroxylation is 1. The molecule has 0 fully saturated rings. The lowest BCUT2D eigenvalue weighted by molar-refractivity contribution is 0.564. The fourth-order valence-electron chi connectivity index (χ4n) is 2.40. The molecule has 3 heterocycles. The van der Waals surface area contributed by atoms with Crippen LogP contribution in [-0.4, -0.2) is 14.4 Å². The molecule has 0 aliphatic heterocycles. The molecule has 1 atom stereocenters. The SMILES string of the molecule is Cc1nc2ccccn2c1CN[C@H](C)c1ccncc1. The summed E-state index contributed by atoms with van der Waals surface area (Å²) in [6, 6.07) is 10.4. The van der Waals surface area contributed by atoms with Crippen LogP contribution < -0.4 is 5.32 Å². The maximum Gasteiger partial charge on any atom is 0.137 e. The number of nitrogens with zero attached hydrogens (tertiary/aromatic N) is 3. The molecular formula is C16H18N4. The second-order valence-electron chi connectivity index (χ2n) is 4.96. The first-order chi connectivity index (χ1) is 9.75. The van der Waals surface area contributed by atoms with Crippen molar-refractivity contribution in [3.05, 3.63) is 65.9 Å². The number of hydrogen-bond donors (Lipinski definition) is 1. The van der Waals surface area contributed by atoms with Crippen LogP contribution in [0.25, 0.3) is 5.65 Å². The van der Waals surface area contributed by atoms with Crippen molar-refractivity contribution in [2.24, 2.45) is 0 Å². The highest BCUT2D eigenvalue weighted by Gasteiger charge is 2.10. The number of aromatic nitrogens is 3. The Kier molecular flexibility index (Phi) is 3.48. The van der Waals surface area contributed by atoms with Crippen LogP contribution in [0.15, 0.2) is 48.9 Å². The lowest BCUT2D eigenvalue weighted by Gasteiger charge is -2.14. The molecule has 0 radical (unpaired) electrons. The summed E-state index contributed by atoms with van der Waals surface area (Å²) in [7, 11) is 0. The van der Waals surface area contributed by atoms with E-state index in [1.54, 1.807) is 0 Å². The Labute approximate surface area is 118 Å². The number of fused-ring (bicyclic) bond motifs is 1. The Morgan fingerprint density at radius 3 is 2.80 bits per heavy atom. The van der Waals surface area contributed by atoms with Crippen LogP contribution in [0.4, 0.5) is 0 Å². The summed E-state index contributed by atoms with van der Waals surface area (Å²) in [6.07, 6.45) is 5.71. The third kappa shape index (κ3) is 2.42. The van der Waals surface area contributed by atoms with Crippen molar-refractivity contribution >= 4 is 5.65 Å². The van der Waals surface area contributed by atoms with Crippen molar-refractivity contribution in [2.45, 2.75) is 26.4 Å². The summed E-state index contributed by atoms with van der Waals surface area (Å²) in [6.45, 7) is 5.01. The number of pyridine rings is 2. The fourth-order valence-corrected chi connectivity index (χ4v) is 2.40. The highest BCUT2D eigenvalue weighted by Crippen LogP contribution is 2.15. The van der Waals surface area contributed by atoms with E-state index in [9.17, 15) is 0 Å². The maximum atomic E-state index is 4.58. The highest BCUT2D eigenvalue weighted by atomic mass is 15.0. The molecule has 4 heteroatoms. The van der Waals surface area contributed by atoms with Crippen LogP contribution in [0, 0.1) is 6.92 Å². The van der Waals surface area contributed by atoms with E-state index in [2.05, 4.69) is 39.7 Å². The zero-order chi connectivity index (χ0) is 13.9. The molecule has 0 spiro atoms. The third-order valence-electron chi connectivity index (χ3n) is 3.61. The quantitative estimate of drug-likeness (QED) is 0.789. The summed E-state index contributed by atoms with van der Waals surface area (Å²) in [5, 5.41) is 3.55. The smallest absolute Gasteiger partial charge is 0.137 e. The Morgan fingerprint density at radius 2 is 2.00 bits per heavy atom. The van der Waals surface area contributed by atoms with Gasteiger partial charge in [-0.2, -0.15) is 0 Å². The minimum absolute atomic E-state index is 0.284. The van der Waals surface area contributed by atoms with Gasteiger partial charge in [0.2, 0.25) is 0 Å². The maximum absolute atomic E-state index is 4.58. The number of rotatable bonds is 4. The number of nitrogens with one attached hydrogen (secondary N) is 1. The fraction of sp³-hybridized carbons (Fsp3) is 0.250. The topological polar surface area (TPSA) is 42.2 Å². The molecule has 0 aliphatic rings. The van der Waals surface area contributed by atoms with E-state index >= 15 is 0 Å². The molecule has 0 saturated carbocycles. The summed E-state index contributed by atoms with van der Waals surface area (Å²) in [5.74, 6) is 0. The molecule has 20 heavy (non-hydrogen) atoms. The Hall–Kier alpha value is -2.20. The zero-order valence-corrected chi connectivity index (χ0v) is 11.7. The predicted octanol–water partition coefficient (Wildman–Crippen LogP) is 2.89. The summed E-state index contributed by atoms with van der Waals surface area (Å²) in [4.78, 5) is 8.63. The average molecular weight is 266 g/mol. The Morgan fingerprint density at radius 1 is 1.20 bits per heavy atom. The van der Waals surface area contributed by atoms with Crippen LogP contribution in [0.5, 0.6) is 0 Å². The van der Waals surface area contributed by atoms with Gasteiger partial charge in [-0.15, -0.1) is 0 Å². The monoisotopic (exact) mass is 266 g/mol. The molecule has 3 aromatic rings. The van der Waals surface area contributed by atoms with Gasteiger partial charge in [0.25, 0.3) is 0 Å². The first-order valence-corrected chi connectivity index (χ1v) is 6.81. The minimum atomic E-state index is 0.284. The molecule has 3 aromatic heterocycles. The normalized spacial score (nSPS) is 12.7. The van der Waals surface area contributed by atoms with Gasteiger partial charge in [0.1, 0.15) is 5.65 Å². The van der Waals surface area contributed by atoms with E-state index in [0.717, 1.165) is 17.9 Å². The third-order valence-corrected chi connectivity index (χ3v) is 3.61. The highest BCUT2D eigenvalue weighted by molar-refractivity contribution is 5.42. The van der Waals surface area contributed by atoms with E-state index in [-0.39, 0.29) is 6.04 Å². The van der Waals surface area contributed by atoms with Crippen molar-refractivity contribution in [1.29, 1.82) is 0 Å². The second-order valence-corrected chi connectivity index (χ2v) is 4.96. The van der Waals surface area contributed by atoms with E-state index in [4.69, 9.17) is 0 Å². The van der Waals surface area contributed by atoms with Crippen molar-refractivity contribution in [2.75, 3.05) is 0 Å². The zero-order valence-electron chi connectivity index (χ0n) is 11.7. The van der Waals surface area contributed by atoms with Gasteiger partial charge in [-0.05, 0) is 43.7 Å². The summed E-state index contributed by atoms with van der Waals surface area (Å²) < 4.78 is 2.14. The molecule has 4 nitrogen and oxygen atoms in total. The molecule has 102 valence electrons. The van der Waals surface area contributed by atoms with E-state index in [1.807, 2.05) is 42.7 Å². The van der Waals surface area contributed by atoms with Gasteiger partial charge >= 0.3 is 0 Å². The van der Waals surface area contributed by atoms with Crippen molar-refractivity contribution < 1.29 is 0 Å². The van der Waals surface area contributed by atoms with E-state index < -0.39 is 0 Å². The van der Waals surface area contributed by atoms with Crippen molar-refractivity contribution in [3.8, 4) is 0 Å². The van der Waals surface area contributed by atoms with Gasteiger partial charge in [-0.1, -0.05) is 6.07 Å². The van der Waals surface area contributed by atoms with Crippen LogP contribution in [-0.2, 0) is 6.54 Å². The van der Waals surface area contributed by atoms with Crippen LogP contribution >= 0.6 is 0 Å². The Balaban J connectivity index is 1.79. The lowest BCUT2D eigenvalue weighted by Crippen LogP contribution is -2.19. The molecule has 0 aliphatic carbocycles. The second kappa shape index (κ2) is 5.43. The average Bonchev–Trinajstić information content (AvgIpc) is 2.81. The van der Waals surface area contributed by atoms with Crippen LogP contribution in [0.2, 0.25) is 0 Å². The van der Waals surface area contributed by atoms with E-state index in [1.165, 1.54) is 11.3 Å². The van der Waals surface area contributed by atoms with Gasteiger partial charge in [0, 0.05) is 31.2 Å². The van der Waals surface area contributed by atoms with Crippen LogP contribution in [0.3, 0.4) is 0 Å². The van der Waals surface area contributed by atoms with Crippen molar-refractivity contribution in [3.63, 3.8) is 0 Å². The lowest BCUT2D eigenvalue weighted by atomic mass is 10.1. The molecule has 0 bridgehead atoms. The van der Waals surface area contributed by atoms with Gasteiger partial charge in [0.15, 0.2) is 0 Å². The Bertz CT molecular complexity index is 703. The van der Waals surface area contributed by atoms with Gasteiger partial charge in [-0.25, -0.2) is 4.98 Å². The first kappa shape index (κ1) is 12.8. The van der Waals surface area contributed by atoms with Gasteiger partial charge < -0.3 is 9.72 Å². The predicted molar refractivity (Wildman–Crippen MR) is 79.4 cm³/mol.